The van der Waals surface area contributed by atoms with Crippen molar-refractivity contribution in [3.63, 3.8) is 0 Å². The van der Waals surface area contributed by atoms with Gasteiger partial charge in [0.15, 0.2) is 29.4 Å². The van der Waals surface area contributed by atoms with Crippen LogP contribution in [0.15, 0.2) is 22.8 Å². The van der Waals surface area contributed by atoms with E-state index in [-0.39, 0.29) is 22.8 Å². The van der Waals surface area contributed by atoms with Crippen molar-refractivity contribution in [2.24, 2.45) is 4.99 Å². The standard InChI is InChI=1S/C13H11FN2O4/c1-16-11(6-17)15-9(13(16)19)4-7-3-8(14)12(18)10(5-7)20-2/h3-6,18H,1-2H3. The Hall–Kier alpha value is -2.70. The Morgan fingerprint density at radius 3 is 2.70 bits per heavy atom. The van der Waals surface area contributed by atoms with Gasteiger partial charge in [-0.2, -0.15) is 0 Å². The van der Waals surface area contributed by atoms with Crippen molar-refractivity contribution in [3.05, 3.63) is 29.2 Å². The second-order valence-electron chi connectivity index (χ2n) is 4.04. The van der Waals surface area contributed by atoms with E-state index < -0.39 is 17.5 Å². The Bertz CT molecular complexity index is 652. The average molecular weight is 278 g/mol. The molecule has 0 unspecified atom stereocenters. The molecule has 1 aliphatic heterocycles. The molecule has 1 aromatic rings. The summed E-state index contributed by atoms with van der Waals surface area (Å²) in [5, 5.41) is 9.39. The number of amidine groups is 1. The van der Waals surface area contributed by atoms with Crippen LogP contribution in [0.2, 0.25) is 0 Å². The van der Waals surface area contributed by atoms with E-state index in [4.69, 9.17) is 4.74 Å². The fraction of sp³-hybridized carbons (Fsp3) is 0.154. The minimum Gasteiger partial charge on any atom is -0.502 e. The Morgan fingerprint density at radius 1 is 1.45 bits per heavy atom. The summed E-state index contributed by atoms with van der Waals surface area (Å²) in [6, 6.07) is 2.39. The number of nitrogens with zero attached hydrogens (tertiary/aromatic N) is 2. The van der Waals surface area contributed by atoms with Crippen molar-refractivity contribution in [2.45, 2.75) is 0 Å². The number of benzene rings is 1. The van der Waals surface area contributed by atoms with E-state index >= 15 is 0 Å². The van der Waals surface area contributed by atoms with Gasteiger partial charge in [-0.15, -0.1) is 0 Å². The summed E-state index contributed by atoms with van der Waals surface area (Å²) in [7, 11) is 2.69. The third-order valence-corrected chi connectivity index (χ3v) is 2.78. The zero-order valence-electron chi connectivity index (χ0n) is 10.8. The summed E-state index contributed by atoms with van der Waals surface area (Å²) in [5.74, 6) is -2.04. The molecule has 20 heavy (non-hydrogen) atoms. The molecule has 1 heterocycles. The number of carbonyl (C=O) groups excluding carboxylic acids is 2. The number of methoxy groups -OCH3 is 1. The number of hydrogen-bond acceptors (Lipinski definition) is 5. The van der Waals surface area contributed by atoms with Crippen LogP contribution in [0.5, 0.6) is 11.5 Å². The van der Waals surface area contributed by atoms with Gasteiger partial charge in [0.1, 0.15) is 5.70 Å². The van der Waals surface area contributed by atoms with Gasteiger partial charge in [-0.05, 0) is 23.8 Å². The van der Waals surface area contributed by atoms with Crippen LogP contribution in [0.25, 0.3) is 6.08 Å². The topological polar surface area (TPSA) is 79.2 Å². The molecule has 1 N–H and O–H groups in total. The second-order valence-corrected chi connectivity index (χ2v) is 4.04. The molecule has 7 heteroatoms. The Balaban J connectivity index is 2.46. The number of carbonyl (C=O) groups is 2. The predicted molar refractivity (Wildman–Crippen MR) is 68.9 cm³/mol. The number of halogens is 1. The molecule has 0 bridgehead atoms. The zero-order valence-corrected chi connectivity index (χ0v) is 10.8. The lowest BCUT2D eigenvalue weighted by Crippen LogP contribution is -2.28. The number of rotatable bonds is 3. The normalized spacial score (nSPS) is 16.6. The van der Waals surface area contributed by atoms with Gasteiger partial charge in [0.2, 0.25) is 0 Å². The molecule has 0 aliphatic carbocycles. The molecule has 1 aliphatic rings. The first-order chi connectivity index (χ1) is 9.47. The molecule has 0 spiro atoms. The Kier molecular flexibility index (Phi) is 3.51. The van der Waals surface area contributed by atoms with E-state index in [2.05, 4.69) is 4.99 Å². The highest BCUT2D eigenvalue weighted by atomic mass is 19.1. The summed E-state index contributed by atoms with van der Waals surface area (Å²) in [5.41, 5.74) is 0.284. The lowest BCUT2D eigenvalue weighted by Gasteiger charge is -2.06. The van der Waals surface area contributed by atoms with Crippen molar-refractivity contribution in [3.8, 4) is 11.5 Å². The summed E-state index contributed by atoms with van der Waals surface area (Å²) >= 11 is 0. The molecule has 0 saturated carbocycles. The number of aldehydes is 1. The number of amides is 1. The summed E-state index contributed by atoms with van der Waals surface area (Å²) < 4.78 is 18.3. The SMILES string of the molecule is COc1cc(C=C2N=C(C=O)N(C)C2=O)cc(F)c1O. The van der Waals surface area contributed by atoms with Crippen LogP contribution in [0.3, 0.4) is 0 Å². The molecule has 0 fully saturated rings. The van der Waals surface area contributed by atoms with Crippen LogP contribution >= 0.6 is 0 Å². The maximum atomic E-state index is 13.5. The Labute approximate surface area is 113 Å². The number of likely N-dealkylation sites (N-methyl/N-ethyl adjacent to an activating group) is 1. The fourth-order valence-corrected chi connectivity index (χ4v) is 1.71. The van der Waals surface area contributed by atoms with Gasteiger partial charge < -0.3 is 9.84 Å². The molecule has 0 radical (unpaired) electrons. The highest BCUT2D eigenvalue weighted by Gasteiger charge is 2.26. The largest absolute Gasteiger partial charge is 0.502 e. The molecule has 104 valence electrons. The number of phenolic OH excluding ortho intramolecular Hbond substituents is 1. The van der Waals surface area contributed by atoms with E-state index in [1.54, 1.807) is 0 Å². The van der Waals surface area contributed by atoms with Gasteiger partial charge in [-0.1, -0.05) is 0 Å². The van der Waals surface area contributed by atoms with Crippen molar-refractivity contribution >= 4 is 24.1 Å². The molecule has 1 amide bonds. The summed E-state index contributed by atoms with van der Waals surface area (Å²) in [4.78, 5) is 27.4. The molecule has 0 saturated heterocycles. The molecule has 0 atom stereocenters. The number of ether oxygens (including phenoxy) is 1. The van der Waals surface area contributed by atoms with Gasteiger partial charge >= 0.3 is 0 Å². The molecule has 1 aromatic carbocycles. The van der Waals surface area contributed by atoms with E-state index in [0.29, 0.717) is 6.29 Å². The van der Waals surface area contributed by atoms with Gasteiger partial charge in [-0.25, -0.2) is 9.38 Å². The molecule has 2 rings (SSSR count). The number of aromatic hydroxyl groups is 1. The molecular weight excluding hydrogens is 267 g/mol. The van der Waals surface area contributed by atoms with Crippen molar-refractivity contribution in [2.75, 3.05) is 14.2 Å². The average Bonchev–Trinajstić information content (AvgIpc) is 2.70. The van der Waals surface area contributed by atoms with Crippen LogP contribution in [-0.4, -0.2) is 42.2 Å². The van der Waals surface area contributed by atoms with E-state index in [0.717, 1.165) is 11.0 Å². The van der Waals surface area contributed by atoms with Crippen LogP contribution in [-0.2, 0) is 9.59 Å². The smallest absolute Gasteiger partial charge is 0.277 e. The van der Waals surface area contributed by atoms with Gasteiger partial charge in [-0.3, -0.25) is 14.5 Å². The third kappa shape index (κ3) is 2.25. The first-order valence-corrected chi connectivity index (χ1v) is 5.58. The van der Waals surface area contributed by atoms with Crippen molar-refractivity contribution in [1.82, 2.24) is 4.90 Å². The monoisotopic (exact) mass is 278 g/mol. The second kappa shape index (κ2) is 5.12. The van der Waals surface area contributed by atoms with E-state index in [1.807, 2.05) is 0 Å². The van der Waals surface area contributed by atoms with Gasteiger partial charge in [0.05, 0.1) is 7.11 Å². The number of aliphatic imine (C=N–C) groups is 1. The summed E-state index contributed by atoms with van der Waals surface area (Å²) in [6.45, 7) is 0. The summed E-state index contributed by atoms with van der Waals surface area (Å²) in [6.07, 6.45) is 1.76. The third-order valence-electron chi connectivity index (χ3n) is 2.78. The highest BCUT2D eigenvalue weighted by molar-refractivity contribution is 6.35. The molecular formula is C13H11FN2O4. The maximum absolute atomic E-state index is 13.5. The van der Waals surface area contributed by atoms with Crippen LogP contribution < -0.4 is 4.74 Å². The van der Waals surface area contributed by atoms with Gasteiger partial charge in [0, 0.05) is 7.05 Å². The van der Waals surface area contributed by atoms with E-state index in [9.17, 15) is 19.1 Å². The quantitative estimate of drug-likeness (QED) is 0.659. The van der Waals surface area contributed by atoms with E-state index in [1.165, 1.54) is 26.3 Å². The van der Waals surface area contributed by atoms with Crippen molar-refractivity contribution in [1.29, 1.82) is 0 Å². The first kappa shape index (κ1) is 13.7. The Morgan fingerprint density at radius 2 is 2.15 bits per heavy atom. The minimum absolute atomic E-state index is 0.00161. The zero-order chi connectivity index (χ0) is 14.9. The van der Waals surface area contributed by atoms with Gasteiger partial charge in [0.25, 0.3) is 5.91 Å². The lowest BCUT2D eigenvalue weighted by atomic mass is 10.1. The lowest BCUT2D eigenvalue weighted by molar-refractivity contribution is -0.122. The number of hydrogen-bond donors (Lipinski definition) is 1. The predicted octanol–water partition coefficient (Wildman–Crippen LogP) is 0.950. The molecule has 0 aromatic heterocycles. The van der Waals surface area contributed by atoms with Crippen LogP contribution in [0.4, 0.5) is 4.39 Å². The fourth-order valence-electron chi connectivity index (χ4n) is 1.71. The van der Waals surface area contributed by atoms with Crippen LogP contribution in [0, 0.1) is 5.82 Å². The maximum Gasteiger partial charge on any atom is 0.277 e. The first-order valence-electron chi connectivity index (χ1n) is 5.58. The number of phenols is 1. The van der Waals surface area contributed by atoms with Crippen LogP contribution in [0.1, 0.15) is 5.56 Å². The van der Waals surface area contributed by atoms with Crippen molar-refractivity contribution < 1.29 is 23.8 Å². The molecule has 6 nitrogen and oxygen atoms in total. The minimum atomic E-state index is -0.880. The highest BCUT2D eigenvalue weighted by Crippen LogP contribution is 2.31.